The summed E-state index contributed by atoms with van der Waals surface area (Å²) in [6.45, 7) is 42.1. The maximum atomic E-state index is 7.47. The number of furan rings is 1. The molecule has 0 fully saturated rings. The van der Waals surface area contributed by atoms with Crippen LogP contribution in [0.25, 0.3) is 82.9 Å². The van der Waals surface area contributed by atoms with Gasteiger partial charge in [0.2, 0.25) is 0 Å². The van der Waals surface area contributed by atoms with Crippen molar-refractivity contribution in [1.82, 2.24) is 9.55 Å². The van der Waals surface area contributed by atoms with E-state index in [9.17, 15) is 0 Å². The minimum Gasteiger partial charge on any atom is -0.457 e. The SMILES string of the molecule is CC(C)(C)c1ccc(-c2cc(C(C)(C)C)cc(-c3ccc(C(C)(C)C)cc3)c2N2CN(c3cc(Oc4ccc5c6c7oc8ccccc8c7ccc6n(-c6cc(C(C)(C)C)ccn6)c5c4)cc(-c4c(C(C)(C)C)cccc4C(C)(C)C)c3)c3ccccc32)cc1. The van der Waals surface area contributed by atoms with Crippen molar-refractivity contribution in [1.29, 1.82) is 0 Å². The molecule has 3 aromatic heterocycles. The highest BCUT2D eigenvalue weighted by molar-refractivity contribution is 6.24. The molecule has 0 radical (unpaired) electrons. The molecule has 0 bridgehead atoms. The summed E-state index contributed by atoms with van der Waals surface area (Å²) >= 11 is 0. The van der Waals surface area contributed by atoms with E-state index in [2.05, 4.69) is 321 Å². The van der Waals surface area contributed by atoms with Crippen LogP contribution in [0.5, 0.6) is 11.5 Å². The topological polar surface area (TPSA) is 46.7 Å². The molecular weight excluding hydrogens is 1100 g/mol. The number of rotatable bonds is 8. The first-order chi connectivity index (χ1) is 42.4. The average molecular weight is 1190 g/mol. The lowest BCUT2D eigenvalue weighted by molar-refractivity contribution is 0.483. The Balaban J connectivity index is 1.03. The first-order valence-electron chi connectivity index (χ1n) is 32.3. The summed E-state index contributed by atoms with van der Waals surface area (Å²) in [6.07, 6.45) is 1.94. The molecule has 456 valence electrons. The lowest BCUT2D eigenvalue weighted by atomic mass is 9.74. The van der Waals surface area contributed by atoms with E-state index in [1.807, 2.05) is 12.3 Å². The number of anilines is 4. The Morgan fingerprint density at radius 1 is 0.400 bits per heavy atom. The minimum atomic E-state index is -0.172. The zero-order valence-electron chi connectivity index (χ0n) is 56.3. The Hall–Kier alpha value is -8.87. The van der Waals surface area contributed by atoms with Crippen molar-refractivity contribution in [3.05, 3.63) is 228 Å². The van der Waals surface area contributed by atoms with Gasteiger partial charge in [0.25, 0.3) is 0 Å². The number of fused-ring (bicyclic) bond motifs is 8. The number of hydrogen-bond donors (Lipinski definition) is 0. The van der Waals surface area contributed by atoms with E-state index in [4.69, 9.17) is 14.1 Å². The second-order valence-electron chi connectivity index (χ2n) is 31.5. The fourth-order valence-corrected chi connectivity index (χ4v) is 13.5. The van der Waals surface area contributed by atoms with Gasteiger partial charge < -0.3 is 19.0 Å². The van der Waals surface area contributed by atoms with Crippen molar-refractivity contribution in [2.45, 2.75) is 157 Å². The molecule has 0 aliphatic carbocycles. The summed E-state index contributed by atoms with van der Waals surface area (Å²) in [6, 6.07) is 70.1. The lowest BCUT2D eigenvalue weighted by Gasteiger charge is -2.31. The van der Waals surface area contributed by atoms with Crippen LogP contribution in [0.15, 0.2) is 199 Å². The summed E-state index contributed by atoms with van der Waals surface area (Å²) < 4.78 is 16.6. The average Bonchev–Trinajstić information content (AvgIpc) is 1.47. The standard InChI is InChI=1S/C84H88N4O2/c1-79(2,3)55-34-30-52(31-35-55)65-46-58(82(10,11)12)47-66(53-32-36-56(37-33-53)80(4,5)6)77(65)87-51-86(69-27-20-21-28-70(69)87)59-44-54(75-67(83(13,14)15)25-23-26-68(75)84(16,17)18)45-61(49-59)89-60-38-39-64-72(50-60)88(74-48-57(42-43-85-74)81(7,8)9)71-41-40-63-62-24-19-22-29-73(62)90-78(63)76(64)71/h19-50H,51H2,1-18H3. The Morgan fingerprint density at radius 3 is 1.53 bits per heavy atom. The smallest absolute Gasteiger partial charge is 0.145 e. The van der Waals surface area contributed by atoms with Gasteiger partial charge in [-0.3, -0.25) is 4.57 Å². The number of pyridine rings is 1. The maximum absolute atomic E-state index is 7.47. The number of ether oxygens (including phenoxy) is 1. The molecule has 0 saturated carbocycles. The second kappa shape index (κ2) is 21.4. The Bertz CT molecular complexity index is 4650. The zero-order chi connectivity index (χ0) is 63.8. The van der Waals surface area contributed by atoms with E-state index in [0.29, 0.717) is 12.4 Å². The van der Waals surface area contributed by atoms with E-state index in [0.717, 1.165) is 77.9 Å². The molecule has 9 aromatic carbocycles. The number of benzene rings is 9. The number of hydrogen-bond acceptors (Lipinski definition) is 5. The van der Waals surface area contributed by atoms with Crippen LogP contribution in [-0.4, -0.2) is 16.2 Å². The quantitative estimate of drug-likeness (QED) is 0.152. The second-order valence-corrected chi connectivity index (χ2v) is 31.5. The Kier molecular flexibility index (Phi) is 14.3. The van der Waals surface area contributed by atoms with Crippen molar-refractivity contribution in [3.63, 3.8) is 0 Å². The van der Waals surface area contributed by atoms with Crippen LogP contribution < -0.4 is 14.5 Å². The third-order valence-corrected chi connectivity index (χ3v) is 18.6. The Labute approximate surface area is 534 Å². The van der Waals surface area contributed by atoms with Crippen LogP contribution in [-0.2, 0) is 32.5 Å². The predicted molar refractivity (Wildman–Crippen MR) is 383 cm³/mol. The van der Waals surface area contributed by atoms with Crippen molar-refractivity contribution in [3.8, 4) is 50.7 Å². The van der Waals surface area contributed by atoms with E-state index in [-0.39, 0.29) is 32.5 Å². The molecule has 0 N–H and O–H groups in total. The van der Waals surface area contributed by atoms with Crippen LogP contribution in [0, 0.1) is 0 Å². The fourth-order valence-electron chi connectivity index (χ4n) is 13.5. The molecule has 13 rings (SSSR count). The summed E-state index contributed by atoms with van der Waals surface area (Å²) in [5.41, 5.74) is 22.5. The molecule has 6 nitrogen and oxygen atoms in total. The Morgan fingerprint density at radius 2 is 0.956 bits per heavy atom. The van der Waals surface area contributed by atoms with Crippen LogP contribution in [0.1, 0.15) is 158 Å². The molecule has 0 spiro atoms. The van der Waals surface area contributed by atoms with Gasteiger partial charge >= 0.3 is 0 Å². The molecule has 12 aromatic rings. The first kappa shape index (κ1) is 60.1. The third-order valence-electron chi connectivity index (χ3n) is 18.6. The highest BCUT2D eigenvalue weighted by Gasteiger charge is 2.35. The molecular formula is C84H88N4O2. The molecule has 1 aliphatic heterocycles. The van der Waals surface area contributed by atoms with E-state index >= 15 is 0 Å². The fraction of sp³-hybridized carbons (Fsp3) is 0.298. The highest BCUT2D eigenvalue weighted by atomic mass is 16.5. The summed E-state index contributed by atoms with van der Waals surface area (Å²) in [5, 5.41) is 4.30. The molecule has 4 heterocycles. The van der Waals surface area contributed by atoms with Gasteiger partial charge in [-0.15, -0.1) is 0 Å². The summed E-state index contributed by atoms with van der Waals surface area (Å²) in [5.74, 6) is 2.30. The van der Waals surface area contributed by atoms with Crippen molar-refractivity contribution in [2.75, 3.05) is 16.5 Å². The molecule has 0 unspecified atom stereocenters. The first-order valence-corrected chi connectivity index (χ1v) is 32.3. The van der Waals surface area contributed by atoms with Crippen LogP contribution in [0.4, 0.5) is 22.7 Å². The van der Waals surface area contributed by atoms with Crippen molar-refractivity contribution < 1.29 is 9.15 Å². The van der Waals surface area contributed by atoms with Gasteiger partial charge in [0.15, 0.2) is 0 Å². The molecule has 90 heavy (non-hydrogen) atoms. The number of nitrogens with zero attached hydrogens (tertiary/aromatic N) is 4. The van der Waals surface area contributed by atoms with Gasteiger partial charge in [-0.2, -0.15) is 0 Å². The molecule has 0 atom stereocenters. The van der Waals surface area contributed by atoms with Gasteiger partial charge in [-0.05, 0) is 167 Å². The van der Waals surface area contributed by atoms with Crippen LogP contribution in [0.3, 0.4) is 0 Å². The van der Waals surface area contributed by atoms with Crippen LogP contribution in [0.2, 0.25) is 0 Å². The summed E-state index contributed by atoms with van der Waals surface area (Å²) in [4.78, 5) is 10.2. The molecule has 0 saturated heterocycles. The minimum absolute atomic E-state index is 0.00716. The van der Waals surface area contributed by atoms with Gasteiger partial charge in [0.05, 0.1) is 33.5 Å². The molecule has 1 aliphatic rings. The monoisotopic (exact) mass is 1180 g/mol. The van der Waals surface area contributed by atoms with Gasteiger partial charge in [0.1, 0.15) is 35.2 Å². The van der Waals surface area contributed by atoms with E-state index < -0.39 is 0 Å². The van der Waals surface area contributed by atoms with E-state index in [1.54, 1.807) is 0 Å². The third kappa shape index (κ3) is 10.8. The largest absolute Gasteiger partial charge is 0.457 e. The number of aromatic nitrogens is 2. The van der Waals surface area contributed by atoms with Gasteiger partial charge in [-0.1, -0.05) is 222 Å². The van der Waals surface area contributed by atoms with Crippen molar-refractivity contribution >= 4 is 66.5 Å². The number of para-hydroxylation sites is 3. The van der Waals surface area contributed by atoms with Crippen molar-refractivity contribution in [2.24, 2.45) is 0 Å². The van der Waals surface area contributed by atoms with Gasteiger partial charge in [-0.25, -0.2) is 4.98 Å². The molecule has 0 amide bonds. The zero-order valence-corrected chi connectivity index (χ0v) is 56.3. The highest BCUT2D eigenvalue weighted by Crippen LogP contribution is 2.54. The molecule has 6 heteroatoms. The predicted octanol–water partition coefficient (Wildman–Crippen LogP) is 23.9. The maximum Gasteiger partial charge on any atom is 0.145 e. The van der Waals surface area contributed by atoms with Crippen LogP contribution >= 0.6 is 0 Å². The lowest BCUT2D eigenvalue weighted by Crippen LogP contribution is -2.25. The summed E-state index contributed by atoms with van der Waals surface area (Å²) in [7, 11) is 0. The van der Waals surface area contributed by atoms with E-state index in [1.165, 1.54) is 66.9 Å². The van der Waals surface area contributed by atoms with Gasteiger partial charge in [0, 0.05) is 51.3 Å². The normalized spacial score (nSPS) is 13.6.